The van der Waals surface area contributed by atoms with Crippen molar-refractivity contribution < 1.29 is 9.21 Å². The molecule has 0 bridgehead atoms. The number of hydrogen-bond donors (Lipinski definition) is 2. The Kier molecular flexibility index (Phi) is 2.14. The Balaban J connectivity index is 2.02. The molecule has 0 radical (unpaired) electrons. The molecule has 1 amide bonds. The summed E-state index contributed by atoms with van der Waals surface area (Å²) in [5, 5.41) is 6.12. The number of nitrogens with one attached hydrogen (secondary N) is 2. The minimum atomic E-state index is -0.299. The second kappa shape index (κ2) is 3.66. The number of anilines is 1. The Labute approximate surface area is 98.6 Å². The maximum Gasteiger partial charge on any atom is 0.255 e. The standard InChI is InChI=1S/C13H12N2O2/c1-8-4-2-5-9-11(8)13(16)15-12(14-9)10-6-3-7-17-10/h2-7,12,14H,1H3,(H,15,16). The van der Waals surface area contributed by atoms with Crippen LogP contribution in [0, 0.1) is 6.92 Å². The number of carbonyl (C=O) groups excluding carboxylic acids is 1. The van der Waals surface area contributed by atoms with E-state index in [2.05, 4.69) is 10.6 Å². The van der Waals surface area contributed by atoms with E-state index in [0.29, 0.717) is 11.3 Å². The first-order chi connectivity index (χ1) is 8.25. The third-order valence-electron chi connectivity index (χ3n) is 2.90. The molecule has 1 aliphatic rings. The van der Waals surface area contributed by atoms with Crippen molar-refractivity contribution in [2.75, 3.05) is 5.32 Å². The van der Waals surface area contributed by atoms with Gasteiger partial charge in [-0.15, -0.1) is 0 Å². The topological polar surface area (TPSA) is 54.3 Å². The molecule has 0 saturated heterocycles. The van der Waals surface area contributed by atoms with E-state index in [4.69, 9.17) is 4.42 Å². The number of carbonyl (C=O) groups is 1. The summed E-state index contributed by atoms with van der Waals surface area (Å²) < 4.78 is 5.29. The Bertz CT molecular complexity index is 561. The molecule has 4 nitrogen and oxygen atoms in total. The summed E-state index contributed by atoms with van der Waals surface area (Å²) in [7, 11) is 0. The second-order valence-electron chi connectivity index (χ2n) is 4.06. The van der Waals surface area contributed by atoms with Crippen molar-refractivity contribution in [1.82, 2.24) is 5.32 Å². The van der Waals surface area contributed by atoms with Gasteiger partial charge in [-0.1, -0.05) is 12.1 Å². The molecule has 0 saturated carbocycles. The van der Waals surface area contributed by atoms with Crippen LogP contribution in [-0.2, 0) is 0 Å². The SMILES string of the molecule is Cc1cccc2c1C(=O)NC(c1ccco1)N2. The molecule has 86 valence electrons. The smallest absolute Gasteiger partial charge is 0.255 e. The lowest BCUT2D eigenvalue weighted by Crippen LogP contribution is -2.38. The van der Waals surface area contributed by atoms with Crippen LogP contribution in [0.1, 0.15) is 27.8 Å². The van der Waals surface area contributed by atoms with E-state index < -0.39 is 0 Å². The lowest BCUT2D eigenvalue weighted by Gasteiger charge is -2.27. The molecule has 1 aliphatic heterocycles. The molecular formula is C13H12N2O2. The van der Waals surface area contributed by atoms with E-state index in [1.54, 1.807) is 12.3 Å². The molecule has 3 rings (SSSR count). The highest BCUT2D eigenvalue weighted by atomic mass is 16.3. The summed E-state index contributed by atoms with van der Waals surface area (Å²) in [6, 6.07) is 9.39. The fraction of sp³-hybridized carbons (Fsp3) is 0.154. The maximum atomic E-state index is 12.0. The van der Waals surface area contributed by atoms with Gasteiger partial charge in [0.15, 0.2) is 6.17 Å². The number of furan rings is 1. The van der Waals surface area contributed by atoms with Crippen LogP contribution in [0.5, 0.6) is 0 Å². The molecule has 2 heterocycles. The molecule has 1 atom stereocenters. The maximum absolute atomic E-state index is 12.0. The monoisotopic (exact) mass is 228 g/mol. The van der Waals surface area contributed by atoms with Crippen LogP contribution in [0.2, 0.25) is 0 Å². The van der Waals surface area contributed by atoms with Gasteiger partial charge in [-0.25, -0.2) is 0 Å². The van der Waals surface area contributed by atoms with Crippen LogP contribution >= 0.6 is 0 Å². The summed E-state index contributed by atoms with van der Waals surface area (Å²) in [5.74, 6) is 0.628. The van der Waals surface area contributed by atoms with Crippen LogP contribution < -0.4 is 10.6 Å². The van der Waals surface area contributed by atoms with E-state index >= 15 is 0 Å². The molecule has 2 aromatic rings. The summed E-state index contributed by atoms with van der Waals surface area (Å²) in [4.78, 5) is 12.0. The number of fused-ring (bicyclic) bond motifs is 1. The van der Waals surface area contributed by atoms with Gasteiger partial charge in [0.25, 0.3) is 5.91 Å². The van der Waals surface area contributed by atoms with Gasteiger partial charge in [-0.3, -0.25) is 4.79 Å². The summed E-state index contributed by atoms with van der Waals surface area (Å²) in [6.07, 6.45) is 1.29. The van der Waals surface area contributed by atoms with Gasteiger partial charge < -0.3 is 15.1 Å². The molecule has 1 aromatic heterocycles. The number of aryl methyl sites for hydroxylation is 1. The van der Waals surface area contributed by atoms with Gasteiger partial charge in [-0.05, 0) is 30.7 Å². The molecule has 1 unspecified atom stereocenters. The highest BCUT2D eigenvalue weighted by molar-refractivity contribution is 6.02. The van der Waals surface area contributed by atoms with Crippen molar-refractivity contribution in [1.29, 1.82) is 0 Å². The quantitative estimate of drug-likeness (QED) is 0.788. The zero-order valence-electron chi connectivity index (χ0n) is 9.36. The van der Waals surface area contributed by atoms with Gasteiger partial charge in [0, 0.05) is 5.69 Å². The van der Waals surface area contributed by atoms with Crippen LogP contribution in [0.25, 0.3) is 0 Å². The first kappa shape index (κ1) is 9.96. The van der Waals surface area contributed by atoms with Gasteiger partial charge >= 0.3 is 0 Å². The molecule has 2 N–H and O–H groups in total. The van der Waals surface area contributed by atoms with E-state index in [1.807, 2.05) is 31.2 Å². The van der Waals surface area contributed by atoms with Crippen molar-refractivity contribution in [2.45, 2.75) is 13.1 Å². The second-order valence-corrected chi connectivity index (χ2v) is 4.06. The zero-order valence-corrected chi connectivity index (χ0v) is 9.36. The first-order valence-electron chi connectivity index (χ1n) is 5.46. The fourth-order valence-electron chi connectivity index (χ4n) is 2.08. The number of amides is 1. The van der Waals surface area contributed by atoms with Crippen LogP contribution in [0.15, 0.2) is 41.0 Å². The van der Waals surface area contributed by atoms with Crippen molar-refractivity contribution in [3.63, 3.8) is 0 Å². The molecule has 0 fully saturated rings. The average molecular weight is 228 g/mol. The van der Waals surface area contributed by atoms with Crippen LogP contribution in [0.3, 0.4) is 0 Å². The molecule has 0 aliphatic carbocycles. The largest absolute Gasteiger partial charge is 0.465 e. The van der Waals surface area contributed by atoms with Crippen molar-refractivity contribution in [3.8, 4) is 0 Å². The first-order valence-corrected chi connectivity index (χ1v) is 5.46. The van der Waals surface area contributed by atoms with Crippen LogP contribution in [-0.4, -0.2) is 5.91 Å². The van der Waals surface area contributed by atoms with E-state index in [9.17, 15) is 4.79 Å². The molecule has 1 aromatic carbocycles. The van der Waals surface area contributed by atoms with Crippen molar-refractivity contribution in [2.24, 2.45) is 0 Å². The molecular weight excluding hydrogens is 216 g/mol. The predicted molar refractivity (Wildman–Crippen MR) is 63.7 cm³/mol. The van der Waals surface area contributed by atoms with Crippen molar-refractivity contribution in [3.05, 3.63) is 53.5 Å². The molecule has 0 spiro atoms. The average Bonchev–Trinajstić information content (AvgIpc) is 2.81. The predicted octanol–water partition coefficient (Wildman–Crippen LogP) is 2.44. The zero-order chi connectivity index (χ0) is 11.8. The Hall–Kier alpha value is -2.23. The third kappa shape index (κ3) is 1.58. The Morgan fingerprint density at radius 3 is 2.82 bits per heavy atom. The highest BCUT2D eigenvalue weighted by Gasteiger charge is 2.26. The number of hydrogen-bond acceptors (Lipinski definition) is 3. The fourth-order valence-corrected chi connectivity index (χ4v) is 2.08. The van der Waals surface area contributed by atoms with Crippen molar-refractivity contribution >= 4 is 11.6 Å². The Morgan fingerprint density at radius 1 is 1.18 bits per heavy atom. The van der Waals surface area contributed by atoms with Gasteiger partial charge in [0.1, 0.15) is 5.76 Å². The molecule has 4 heteroatoms. The summed E-state index contributed by atoms with van der Waals surface area (Å²) in [5.41, 5.74) is 2.51. The summed E-state index contributed by atoms with van der Waals surface area (Å²) >= 11 is 0. The van der Waals surface area contributed by atoms with E-state index in [-0.39, 0.29) is 12.1 Å². The molecule has 17 heavy (non-hydrogen) atoms. The Morgan fingerprint density at radius 2 is 2.06 bits per heavy atom. The van der Waals surface area contributed by atoms with E-state index in [0.717, 1.165) is 11.3 Å². The number of rotatable bonds is 1. The van der Waals surface area contributed by atoms with Crippen LogP contribution in [0.4, 0.5) is 5.69 Å². The third-order valence-corrected chi connectivity index (χ3v) is 2.90. The minimum absolute atomic E-state index is 0.0711. The normalized spacial score (nSPS) is 18.2. The minimum Gasteiger partial charge on any atom is -0.465 e. The van der Waals surface area contributed by atoms with Gasteiger partial charge in [0.2, 0.25) is 0 Å². The van der Waals surface area contributed by atoms with E-state index in [1.165, 1.54) is 0 Å². The lowest BCUT2D eigenvalue weighted by atomic mass is 10.0. The van der Waals surface area contributed by atoms with Gasteiger partial charge in [-0.2, -0.15) is 0 Å². The highest BCUT2D eigenvalue weighted by Crippen LogP contribution is 2.28. The van der Waals surface area contributed by atoms with Gasteiger partial charge in [0.05, 0.1) is 11.8 Å². The lowest BCUT2D eigenvalue weighted by molar-refractivity contribution is 0.0930. The summed E-state index contributed by atoms with van der Waals surface area (Å²) in [6.45, 7) is 1.92. The number of benzene rings is 1.